The summed E-state index contributed by atoms with van der Waals surface area (Å²) in [6.07, 6.45) is 0.0377. The smallest absolute Gasteiger partial charge is 0.338 e. The van der Waals surface area contributed by atoms with Crippen molar-refractivity contribution < 1.29 is 23.9 Å². The highest BCUT2D eigenvalue weighted by atomic mass is 16.5. The van der Waals surface area contributed by atoms with E-state index in [-0.39, 0.29) is 6.10 Å². The van der Waals surface area contributed by atoms with E-state index in [1.807, 2.05) is 19.2 Å². The Kier molecular flexibility index (Phi) is 6.88. The third kappa shape index (κ3) is 6.25. The zero-order valence-electron chi connectivity index (χ0n) is 12.8. The second-order valence-corrected chi connectivity index (χ2v) is 4.67. The summed E-state index contributed by atoms with van der Waals surface area (Å²) in [5.41, 5.74) is 0.293. The lowest BCUT2D eigenvalue weighted by atomic mass is 10.2. The standard InChI is InChI=1S/C15H20N2O5/c1-4-16-15(20)17-13(18)9-21-14(19)11-5-7-12(8-6-11)22-10(2)3/h5-8,10H,4,9H2,1-3H3,(H2,16,17,18,20). The fraction of sp³-hybridized carbons (Fsp3) is 0.400. The molecule has 2 N–H and O–H groups in total. The van der Waals surface area contributed by atoms with Gasteiger partial charge in [0.05, 0.1) is 11.7 Å². The molecule has 7 nitrogen and oxygen atoms in total. The number of imide groups is 1. The Balaban J connectivity index is 2.45. The molecule has 0 aromatic heterocycles. The minimum Gasteiger partial charge on any atom is -0.491 e. The van der Waals surface area contributed by atoms with Gasteiger partial charge in [-0.2, -0.15) is 0 Å². The van der Waals surface area contributed by atoms with E-state index in [9.17, 15) is 14.4 Å². The lowest BCUT2D eigenvalue weighted by molar-refractivity contribution is -0.123. The fourth-order valence-electron chi connectivity index (χ4n) is 1.52. The van der Waals surface area contributed by atoms with E-state index >= 15 is 0 Å². The van der Waals surface area contributed by atoms with Crippen LogP contribution < -0.4 is 15.4 Å². The highest BCUT2D eigenvalue weighted by molar-refractivity contribution is 5.97. The van der Waals surface area contributed by atoms with Gasteiger partial charge in [0.15, 0.2) is 6.61 Å². The van der Waals surface area contributed by atoms with Crippen LogP contribution in [0.5, 0.6) is 5.75 Å². The third-order valence-corrected chi connectivity index (χ3v) is 2.39. The van der Waals surface area contributed by atoms with E-state index in [1.165, 1.54) is 0 Å². The molecule has 0 fully saturated rings. The van der Waals surface area contributed by atoms with Crippen LogP contribution in [0.1, 0.15) is 31.1 Å². The van der Waals surface area contributed by atoms with Crippen LogP contribution in [0.4, 0.5) is 4.79 Å². The van der Waals surface area contributed by atoms with E-state index in [0.717, 1.165) is 0 Å². The molecule has 1 aromatic carbocycles. The van der Waals surface area contributed by atoms with Crippen LogP contribution in [0.2, 0.25) is 0 Å². The Morgan fingerprint density at radius 3 is 2.32 bits per heavy atom. The molecule has 0 spiro atoms. The Bertz CT molecular complexity index is 525. The molecule has 1 rings (SSSR count). The summed E-state index contributed by atoms with van der Waals surface area (Å²) >= 11 is 0. The van der Waals surface area contributed by atoms with E-state index in [1.54, 1.807) is 31.2 Å². The molecular weight excluding hydrogens is 288 g/mol. The second-order valence-electron chi connectivity index (χ2n) is 4.67. The Labute approximate surface area is 129 Å². The quantitative estimate of drug-likeness (QED) is 0.776. The number of carbonyl (C=O) groups is 3. The van der Waals surface area contributed by atoms with E-state index in [2.05, 4.69) is 5.32 Å². The third-order valence-electron chi connectivity index (χ3n) is 2.39. The first-order valence-electron chi connectivity index (χ1n) is 6.94. The molecule has 0 saturated carbocycles. The van der Waals surface area contributed by atoms with E-state index in [0.29, 0.717) is 17.9 Å². The topological polar surface area (TPSA) is 93.7 Å². The predicted octanol–water partition coefficient (Wildman–Crippen LogP) is 1.48. The van der Waals surface area contributed by atoms with Crippen molar-refractivity contribution >= 4 is 17.9 Å². The molecule has 3 amide bonds. The molecular formula is C15H20N2O5. The van der Waals surface area contributed by atoms with Crippen molar-refractivity contribution in [1.82, 2.24) is 10.6 Å². The number of amides is 3. The number of rotatable bonds is 6. The van der Waals surface area contributed by atoms with Gasteiger partial charge in [-0.25, -0.2) is 9.59 Å². The number of esters is 1. The summed E-state index contributed by atoms with van der Waals surface area (Å²) in [4.78, 5) is 34.2. The maximum absolute atomic E-state index is 11.8. The van der Waals surface area contributed by atoms with Gasteiger partial charge in [-0.3, -0.25) is 10.1 Å². The molecule has 1 aromatic rings. The summed E-state index contributed by atoms with van der Waals surface area (Å²) in [7, 11) is 0. The van der Waals surface area contributed by atoms with Crippen molar-refractivity contribution in [3.63, 3.8) is 0 Å². The fourth-order valence-corrected chi connectivity index (χ4v) is 1.52. The van der Waals surface area contributed by atoms with Crippen molar-refractivity contribution in [3.8, 4) is 5.75 Å². The molecule has 0 aliphatic heterocycles. The molecule has 0 aliphatic carbocycles. The first-order chi connectivity index (χ1) is 10.4. The SMILES string of the molecule is CCNC(=O)NC(=O)COC(=O)c1ccc(OC(C)C)cc1. The van der Waals surface area contributed by atoms with Gasteiger partial charge < -0.3 is 14.8 Å². The summed E-state index contributed by atoms with van der Waals surface area (Å²) < 4.78 is 10.3. The predicted molar refractivity (Wildman–Crippen MR) is 79.7 cm³/mol. The number of ether oxygens (including phenoxy) is 2. The lowest BCUT2D eigenvalue weighted by Crippen LogP contribution is -2.41. The molecule has 0 radical (unpaired) electrons. The number of benzene rings is 1. The molecule has 0 heterocycles. The van der Waals surface area contributed by atoms with Gasteiger partial charge in [-0.05, 0) is 45.0 Å². The molecule has 0 bridgehead atoms. The zero-order chi connectivity index (χ0) is 16.5. The highest BCUT2D eigenvalue weighted by Crippen LogP contribution is 2.14. The summed E-state index contributed by atoms with van der Waals surface area (Å²) in [5.74, 6) is -0.707. The molecule has 0 saturated heterocycles. The van der Waals surface area contributed by atoms with Gasteiger partial charge in [0.1, 0.15) is 5.75 Å². The summed E-state index contributed by atoms with van der Waals surface area (Å²) in [5, 5.41) is 4.42. The molecule has 0 unspecified atom stereocenters. The van der Waals surface area contributed by atoms with Crippen molar-refractivity contribution in [3.05, 3.63) is 29.8 Å². The number of urea groups is 1. The number of hydrogen-bond donors (Lipinski definition) is 2. The summed E-state index contributed by atoms with van der Waals surface area (Å²) in [6.45, 7) is 5.38. The minimum absolute atomic E-state index is 0.0377. The van der Waals surface area contributed by atoms with Crippen LogP contribution in [0.15, 0.2) is 24.3 Å². The van der Waals surface area contributed by atoms with Crippen molar-refractivity contribution in [1.29, 1.82) is 0 Å². The van der Waals surface area contributed by atoms with Gasteiger partial charge in [0.25, 0.3) is 5.91 Å². The number of hydrogen-bond acceptors (Lipinski definition) is 5. The monoisotopic (exact) mass is 308 g/mol. The molecule has 22 heavy (non-hydrogen) atoms. The van der Waals surface area contributed by atoms with Gasteiger partial charge in [-0.1, -0.05) is 0 Å². The maximum Gasteiger partial charge on any atom is 0.338 e. The average Bonchev–Trinajstić information content (AvgIpc) is 2.45. The van der Waals surface area contributed by atoms with Gasteiger partial charge in [0.2, 0.25) is 0 Å². The summed E-state index contributed by atoms with van der Waals surface area (Å²) in [6, 6.07) is 5.75. The lowest BCUT2D eigenvalue weighted by Gasteiger charge is -2.10. The molecule has 0 aliphatic rings. The van der Waals surface area contributed by atoms with Crippen LogP contribution in [-0.4, -0.2) is 37.2 Å². The highest BCUT2D eigenvalue weighted by Gasteiger charge is 2.12. The van der Waals surface area contributed by atoms with Crippen LogP contribution in [0.25, 0.3) is 0 Å². The Hall–Kier alpha value is -2.57. The van der Waals surface area contributed by atoms with Gasteiger partial charge >= 0.3 is 12.0 Å². The Morgan fingerprint density at radius 1 is 1.14 bits per heavy atom. The number of nitrogens with one attached hydrogen (secondary N) is 2. The second kappa shape index (κ2) is 8.66. The van der Waals surface area contributed by atoms with Crippen molar-refractivity contribution in [2.75, 3.05) is 13.2 Å². The van der Waals surface area contributed by atoms with E-state index < -0.39 is 24.5 Å². The first kappa shape index (κ1) is 17.5. The average molecular weight is 308 g/mol. The maximum atomic E-state index is 11.8. The van der Waals surface area contributed by atoms with Crippen LogP contribution >= 0.6 is 0 Å². The molecule has 120 valence electrons. The Morgan fingerprint density at radius 2 is 1.77 bits per heavy atom. The molecule has 0 atom stereocenters. The van der Waals surface area contributed by atoms with Crippen LogP contribution in [-0.2, 0) is 9.53 Å². The van der Waals surface area contributed by atoms with Crippen LogP contribution in [0.3, 0.4) is 0 Å². The zero-order valence-corrected chi connectivity index (χ0v) is 12.8. The van der Waals surface area contributed by atoms with Gasteiger partial charge in [-0.15, -0.1) is 0 Å². The molecule has 7 heteroatoms. The van der Waals surface area contributed by atoms with Crippen molar-refractivity contribution in [2.45, 2.75) is 26.9 Å². The van der Waals surface area contributed by atoms with Crippen LogP contribution in [0, 0.1) is 0 Å². The van der Waals surface area contributed by atoms with Crippen molar-refractivity contribution in [2.24, 2.45) is 0 Å². The van der Waals surface area contributed by atoms with E-state index in [4.69, 9.17) is 9.47 Å². The minimum atomic E-state index is -0.695. The number of carbonyl (C=O) groups excluding carboxylic acids is 3. The largest absolute Gasteiger partial charge is 0.491 e. The normalized spacial score (nSPS) is 10.0. The first-order valence-corrected chi connectivity index (χ1v) is 6.94. The van der Waals surface area contributed by atoms with Gasteiger partial charge in [0, 0.05) is 6.54 Å².